The molecular weight excluding hydrogens is 316 g/mol. The van der Waals surface area contributed by atoms with Crippen LogP contribution in [0.4, 0.5) is 0 Å². The Kier molecular flexibility index (Phi) is 4.39. The minimum absolute atomic E-state index is 0.0154. The Labute approximate surface area is 146 Å². The highest BCUT2D eigenvalue weighted by atomic mass is 16.6. The Morgan fingerprint density at radius 2 is 1.88 bits per heavy atom. The summed E-state index contributed by atoms with van der Waals surface area (Å²) < 4.78 is 17.2. The van der Waals surface area contributed by atoms with Crippen molar-refractivity contribution in [2.75, 3.05) is 13.2 Å². The van der Waals surface area contributed by atoms with Crippen molar-refractivity contribution in [2.45, 2.75) is 19.6 Å². The van der Waals surface area contributed by atoms with Crippen molar-refractivity contribution in [3.05, 3.63) is 66.1 Å². The van der Waals surface area contributed by atoms with Crippen molar-refractivity contribution in [3.63, 3.8) is 0 Å². The molecule has 3 aromatic rings. The number of aryl methyl sites for hydroxylation is 1. The Bertz CT molecular complexity index is 842. The zero-order valence-corrected chi connectivity index (χ0v) is 14.1. The van der Waals surface area contributed by atoms with E-state index in [9.17, 15) is 0 Å². The molecule has 1 aliphatic heterocycles. The predicted molar refractivity (Wildman–Crippen MR) is 94.7 cm³/mol. The molecule has 1 aliphatic rings. The Morgan fingerprint density at radius 3 is 2.72 bits per heavy atom. The van der Waals surface area contributed by atoms with E-state index in [2.05, 4.69) is 29.4 Å². The standard InChI is InChI=1S/C20H20N2O3/c1-14-6-8-15(9-7-14)20-22-16(12-24-20)10-21-11-17-13-23-18-4-2-3-5-19(18)25-17/h2-9,12,17,21H,10-11,13H2,1H3/t17-/m0/s1. The molecule has 0 unspecified atom stereocenters. The van der Waals surface area contributed by atoms with Crippen LogP contribution in [0.2, 0.25) is 0 Å². The van der Waals surface area contributed by atoms with Crippen molar-refractivity contribution >= 4 is 0 Å². The Hall–Kier alpha value is -2.79. The number of hydrogen-bond acceptors (Lipinski definition) is 5. The van der Waals surface area contributed by atoms with E-state index in [1.807, 2.05) is 36.4 Å². The average Bonchev–Trinajstić information content (AvgIpc) is 3.11. The number of nitrogens with zero attached hydrogens (tertiary/aromatic N) is 1. The van der Waals surface area contributed by atoms with Gasteiger partial charge in [-0.05, 0) is 31.2 Å². The summed E-state index contributed by atoms with van der Waals surface area (Å²) in [5.74, 6) is 2.24. The van der Waals surface area contributed by atoms with Crippen LogP contribution >= 0.6 is 0 Å². The molecule has 0 radical (unpaired) electrons. The number of hydrogen-bond donors (Lipinski definition) is 1. The molecule has 5 nitrogen and oxygen atoms in total. The summed E-state index contributed by atoms with van der Waals surface area (Å²) in [5.41, 5.74) is 3.07. The highest BCUT2D eigenvalue weighted by molar-refractivity contribution is 5.53. The van der Waals surface area contributed by atoms with Gasteiger partial charge in [-0.3, -0.25) is 0 Å². The van der Waals surface area contributed by atoms with Gasteiger partial charge >= 0.3 is 0 Å². The number of rotatable bonds is 5. The van der Waals surface area contributed by atoms with Crippen LogP contribution in [0.25, 0.3) is 11.5 Å². The van der Waals surface area contributed by atoms with Crippen molar-refractivity contribution in [1.82, 2.24) is 10.3 Å². The number of benzene rings is 2. The molecule has 0 spiro atoms. The van der Waals surface area contributed by atoms with Gasteiger partial charge in [0.15, 0.2) is 11.5 Å². The highest BCUT2D eigenvalue weighted by Crippen LogP contribution is 2.30. The van der Waals surface area contributed by atoms with Crippen LogP contribution < -0.4 is 14.8 Å². The van der Waals surface area contributed by atoms with Crippen LogP contribution in [0.1, 0.15) is 11.3 Å². The van der Waals surface area contributed by atoms with Crippen LogP contribution in [-0.2, 0) is 6.54 Å². The number of fused-ring (bicyclic) bond motifs is 1. The van der Waals surface area contributed by atoms with Gasteiger partial charge in [-0.25, -0.2) is 4.98 Å². The average molecular weight is 336 g/mol. The minimum atomic E-state index is -0.0154. The topological polar surface area (TPSA) is 56.5 Å². The first kappa shape index (κ1) is 15.7. The van der Waals surface area contributed by atoms with E-state index in [-0.39, 0.29) is 6.10 Å². The smallest absolute Gasteiger partial charge is 0.226 e. The SMILES string of the molecule is Cc1ccc(-c2nc(CNC[C@H]3COc4ccccc4O3)co2)cc1. The molecule has 4 rings (SSSR count). The first-order valence-electron chi connectivity index (χ1n) is 8.38. The van der Waals surface area contributed by atoms with E-state index >= 15 is 0 Å². The molecule has 1 aromatic heterocycles. The second-order valence-corrected chi connectivity index (χ2v) is 6.14. The molecule has 25 heavy (non-hydrogen) atoms. The summed E-state index contributed by atoms with van der Waals surface area (Å²) in [6, 6.07) is 15.9. The van der Waals surface area contributed by atoms with Crippen LogP contribution in [0.15, 0.2) is 59.2 Å². The van der Waals surface area contributed by atoms with Crippen LogP contribution in [-0.4, -0.2) is 24.2 Å². The van der Waals surface area contributed by atoms with Gasteiger partial charge in [0.05, 0.1) is 5.69 Å². The molecule has 0 saturated carbocycles. The van der Waals surface area contributed by atoms with Gasteiger partial charge in [0, 0.05) is 18.7 Å². The molecule has 0 saturated heterocycles. The minimum Gasteiger partial charge on any atom is -0.486 e. The molecular formula is C20H20N2O3. The number of oxazole rings is 1. The van der Waals surface area contributed by atoms with E-state index in [0.717, 1.165) is 22.8 Å². The van der Waals surface area contributed by atoms with Gasteiger partial charge < -0.3 is 19.2 Å². The molecule has 0 aliphatic carbocycles. The number of ether oxygens (including phenoxy) is 2. The summed E-state index contributed by atoms with van der Waals surface area (Å²) in [6.07, 6.45) is 1.67. The first-order valence-corrected chi connectivity index (χ1v) is 8.38. The third kappa shape index (κ3) is 3.67. The normalized spacial score (nSPS) is 16.0. The number of para-hydroxylation sites is 2. The molecule has 0 amide bonds. The Balaban J connectivity index is 1.30. The zero-order valence-electron chi connectivity index (χ0n) is 14.1. The summed E-state index contributed by atoms with van der Waals surface area (Å²) in [6.45, 7) is 3.90. The van der Waals surface area contributed by atoms with E-state index in [4.69, 9.17) is 13.9 Å². The summed E-state index contributed by atoms with van der Waals surface area (Å²) in [5, 5.41) is 3.35. The third-order valence-electron chi connectivity index (χ3n) is 4.10. The maximum absolute atomic E-state index is 5.92. The Morgan fingerprint density at radius 1 is 1.08 bits per heavy atom. The molecule has 5 heteroatoms. The van der Waals surface area contributed by atoms with Crippen molar-refractivity contribution in [3.8, 4) is 23.0 Å². The zero-order chi connectivity index (χ0) is 17.1. The van der Waals surface area contributed by atoms with Gasteiger partial charge in [-0.15, -0.1) is 0 Å². The van der Waals surface area contributed by atoms with E-state index in [0.29, 0.717) is 25.6 Å². The summed E-state index contributed by atoms with van der Waals surface area (Å²) >= 11 is 0. The number of aromatic nitrogens is 1. The first-order chi connectivity index (χ1) is 12.3. The van der Waals surface area contributed by atoms with Gasteiger partial charge in [-0.2, -0.15) is 0 Å². The van der Waals surface area contributed by atoms with Crippen LogP contribution in [0, 0.1) is 6.92 Å². The van der Waals surface area contributed by atoms with Crippen molar-refractivity contribution in [2.24, 2.45) is 0 Å². The van der Waals surface area contributed by atoms with Gasteiger partial charge in [0.2, 0.25) is 5.89 Å². The molecule has 2 heterocycles. The van der Waals surface area contributed by atoms with E-state index < -0.39 is 0 Å². The van der Waals surface area contributed by atoms with Crippen LogP contribution in [0.3, 0.4) is 0 Å². The lowest BCUT2D eigenvalue weighted by molar-refractivity contribution is 0.0901. The van der Waals surface area contributed by atoms with Gasteiger partial charge in [0.1, 0.15) is 19.0 Å². The maximum atomic E-state index is 5.92. The van der Waals surface area contributed by atoms with Crippen LogP contribution in [0.5, 0.6) is 11.5 Å². The second-order valence-electron chi connectivity index (χ2n) is 6.14. The number of nitrogens with one attached hydrogen (secondary N) is 1. The second kappa shape index (κ2) is 6.99. The quantitative estimate of drug-likeness (QED) is 0.772. The van der Waals surface area contributed by atoms with Gasteiger partial charge in [-0.1, -0.05) is 29.8 Å². The molecule has 0 bridgehead atoms. The summed E-state index contributed by atoms with van der Waals surface area (Å²) in [7, 11) is 0. The molecule has 128 valence electrons. The predicted octanol–water partition coefficient (Wildman–Crippen LogP) is 3.58. The lowest BCUT2D eigenvalue weighted by Gasteiger charge is -2.26. The lowest BCUT2D eigenvalue weighted by Crippen LogP contribution is -2.38. The van der Waals surface area contributed by atoms with E-state index in [1.165, 1.54) is 5.56 Å². The lowest BCUT2D eigenvalue weighted by atomic mass is 10.1. The summed E-state index contributed by atoms with van der Waals surface area (Å²) in [4.78, 5) is 4.53. The van der Waals surface area contributed by atoms with Crippen molar-refractivity contribution < 1.29 is 13.9 Å². The third-order valence-corrected chi connectivity index (χ3v) is 4.10. The fraction of sp³-hybridized carbons (Fsp3) is 0.250. The molecule has 2 aromatic carbocycles. The van der Waals surface area contributed by atoms with Gasteiger partial charge in [0.25, 0.3) is 0 Å². The fourth-order valence-electron chi connectivity index (χ4n) is 2.74. The van der Waals surface area contributed by atoms with E-state index in [1.54, 1.807) is 6.26 Å². The fourth-order valence-corrected chi connectivity index (χ4v) is 2.74. The maximum Gasteiger partial charge on any atom is 0.226 e. The monoisotopic (exact) mass is 336 g/mol. The van der Waals surface area contributed by atoms with Crippen molar-refractivity contribution in [1.29, 1.82) is 0 Å². The molecule has 0 fully saturated rings. The largest absolute Gasteiger partial charge is 0.486 e. The highest BCUT2D eigenvalue weighted by Gasteiger charge is 2.20. The molecule has 1 N–H and O–H groups in total. The molecule has 1 atom stereocenters.